The number of rotatable bonds is 15. The van der Waals surface area contributed by atoms with Gasteiger partial charge in [0.25, 0.3) is 5.91 Å². The molecule has 278 valence electrons. The van der Waals surface area contributed by atoms with Crippen molar-refractivity contribution in [1.29, 1.82) is 0 Å². The molecule has 8 atom stereocenters. The lowest BCUT2D eigenvalue weighted by Crippen LogP contribution is -2.57. The van der Waals surface area contributed by atoms with E-state index in [2.05, 4.69) is 34.4 Å². The number of likely N-dealkylation sites (tertiary alicyclic amines) is 1. The second-order valence-corrected chi connectivity index (χ2v) is 15.2. The number of hydrogen-bond acceptors (Lipinski definition) is 7. The molecule has 0 aliphatic carbocycles. The predicted octanol–water partition coefficient (Wildman–Crippen LogP) is 6.02. The second-order valence-electron chi connectivity index (χ2n) is 13.6. The summed E-state index contributed by atoms with van der Waals surface area (Å²) in [6.07, 6.45) is 2.53. The van der Waals surface area contributed by atoms with Crippen molar-refractivity contribution in [1.82, 2.24) is 10.2 Å². The molecule has 12 heteroatoms. The monoisotopic (exact) mass is 803 g/mol. The predicted molar refractivity (Wildman–Crippen MR) is 205 cm³/mol. The number of ether oxygens (including phenoxy) is 2. The number of esters is 1. The van der Waals surface area contributed by atoms with Gasteiger partial charge in [0, 0.05) is 17.8 Å². The molecule has 53 heavy (non-hydrogen) atoms. The van der Waals surface area contributed by atoms with E-state index in [9.17, 15) is 14.7 Å². The molecule has 0 saturated carbocycles. The summed E-state index contributed by atoms with van der Waals surface area (Å²) < 4.78 is 13.0. The quantitative estimate of drug-likeness (QED) is 0.110. The van der Waals surface area contributed by atoms with E-state index in [1.165, 1.54) is 9.80 Å². The Morgan fingerprint density at radius 2 is 1.75 bits per heavy atom. The van der Waals surface area contributed by atoms with Gasteiger partial charge in [-0.15, -0.1) is 13.2 Å². The minimum Gasteiger partial charge on any atom is -0.455 e. The molecule has 2 N–H and O–H groups in total. The minimum absolute atomic E-state index is 0.00694. The summed E-state index contributed by atoms with van der Waals surface area (Å²) in [5.74, 6) is -4.11. The zero-order valence-electron chi connectivity index (χ0n) is 29.4. The summed E-state index contributed by atoms with van der Waals surface area (Å²) >= 11 is 10.5. The molecule has 3 heterocycles. The van der Waals surface area contributed by atoms with Gasteiger partial charge in [-0.1, -0.05) is 112 Å². The number of aryl methyl sites for hydroxylation is 1. The van der Waals surface area contributed by atoms with Crippen LogP contribution in [0.25, 0.3) is 0 Å². The van der Waals surface area contributed by atoms with Crippen molar-refractivity contribution in [3.8, 4) is 0 Å². The van der Waals surface area contributed by atoms with E-state index in [4.69, 9.17) is 21.1 Å². The lowest BCUT2D eigenvalue weighted by molar-refractivity contribution is -0.160. The summed E-state index contributed by atoms with van der Waals surface area (Å²) in [6, 6.07) is 21.1. The molecular weight excluding hydrogens is 762 g/mol. The van der Waals surface area contributed by atoms with Crippen molar-refractivity contribution in [2.24, 2.45) is 11.8 Å². The lowest BCUT2D eigenvalue weighted by Gasteiger charge is -2.40. The number of amides is 3. The van der Waals surface area contributed by atoms with Gasteiger partial charge in [-0.2, -0.15) is 0 Å². The van der Waals surface area contributed by atoms with E-state index in [-0.39, 0.29) is 31.8 Å². The molecule has 1 unspecified atom stereocenters. The highest BCUT2D eigenvalue weighted by atomic mass is 79.9. The van der Waals surface area contributed by atoms with Crippen LogP contribution in [0.1, 0.15) is 48.1 Å². The van der Waals surface area contributed by atoms with Crippen LogP contribution in [0.3, 0.4) is 0 Å². The Kier molecular flexibility index (Phi) is 11.9. The number of para-hydroxylation sites is 1. The molecule has 3 fully saturated rings. The first-order valence-corrected chi connectivity index (χ1v) is 19.0. The van der Waals surface area contributed by atoms with E-state index in [1.54, 1.807) is 60.7 Å². The fourth-order valence-corrected chi connectivity index (χ4v) is 9.42. The SMILES string of the molecule is C=CCCC(=O)NC[C@H](OC(=O)[C@@H]1[C@H]2O[C@@]3(CC2Br)[C@H](C(=O)N(CC=C)c2c(C)cccc2Cl)N([C@H](CO)c2ccccc2)C(=O)[C@@H]13)c1ccccc1. The van der Waals surface area contributed by atoms with E-state index in [0.29, 0.717) is 28.3 Å². The highest BCUT2D eigenvalue weighted by molar-refractivity contribution is 9.09. The Hall–Kier alpha value is -4.29. The third-order valence-electron chi connectivity index (χ3n) is 10.5. The van der Waals surface area contributed by atoms with Crippen LogP contribution in [0.4, 0.5) is 5.69 Å². The minimum atomic E-state index is -1.46. The van der Waals surface area contributed by atoms with Gasteiger partial charge >= 0.3 is 5.97 Å². The van der Waals surface area contributed by atoms with Gasteiger partial charge in [0.1, 0.15) is 17.7 Å². The Balaban J connectivity index is 1.42. The first-order chi connectivity index (χ1) is 25.6. The standard InChI is InChI=1S/C41H43BrClN3O7/c1-4-6-20-32(48)44-23-31(27-17-11-8-12-18-27)52-40(51)33-34-38(49)46(30(24-47)26-15-9-7-10-16-26)37(41(34)22-28(42)36(33)53-41)39(50)45(21-5-2)35-25(3)14-13-19-29(35)43/h4-5,7-19,28,30-31,33-34,36-37,47H,1-2,6,20-24H2,3H3,(H,44,48)/t28?,30-,31+,33+,34-,36+,37+,41-/m1/s1. The Morgan fingerprint density at radius 1 is 1.08 bits per heavy atom. The number of aliphatic hydroxyl groups is 1. The Labute approximate surface area is 322 Å². The molecule has 3 aliphatic heterocycles. The van der Waals surface area contributed by atoms with E-state index in [0.717, 1.165) is 5.56 Å². The van der Waals surface area contributed by atoms with Crippen LogP contribution in [-0.2, 0) is 28.7 Å². The summed E-state index contributed by atoms with van der Waals surface area (Å²) in [5.41, 5.74) is 1.01. The molecule has 3 aromatic carbocycles. The van der Waals surface area contributed by atoms with Crippen LogP contribution < -0.4 is 10.2 Å². The molecule has 3 aliphatic rings. The first kappa shape index (κ1) is 38.4. The van der Waals surface area contributed by atoms with Crippen molar-refractivity contribution >= 4 is 56.9 Å². The van der Waals surface area contributed by atoms with Crippen LogP contribution in [0.2, 0.25) is 5.02 Å². The third-order valence-corrected chi connectivity index (χ3v) is 11.6. The maximum atomic E-state index is 15.2. The van der Waals surface area contributed by atoms with Gasteiger partial charge < -0.3 is 29.7 Å². The average Bonchev–Trinajstić information content (AvgIpc) is 3.76. The van der Waals surface area contributed by atoms with E-state index in [1.807, 2.05) is 37.3 Å². The zero-order valence-corrected chi connectivity index (χ0v) is 31.7. The summed E-state index contributed by atoms with van der Waals surface area (Å²) in [7, 11) is 0. The fourth-order valence-electron chi connectivity index (χ4n) is 8.16. The molecule has 0 radical (unpaired) electrons. The van der Waals surface area contributed by atoms with Crippen molar-refractivity contribution < 1.29 is 33.8 Å². The lowest BCUT2D eigenvalue weighted by atomic mass is 9.70. The number of nitrogens with zero attached hydrogens (tertiary/aromatic N) is 2. The molecule has 2 bridgehead atoms. The van der Waals surface area contributed by atoms with Gasteiger partial charge in [-0.3, -0.25) is 19.2 Å². The molecule has 3 amide bonds. The van der Waals surface area contributed by atoms with Gasteiger partial charge in [-0.05, 0) is 42.5 Å². The van der Waals surface area contributed by atoms with Gasteiger partial charge in [0.15, 0.2) is 0 Å². The number of anilines is 1. The van der Waals surface area contributed by atoms with Gasteiger partial charge in [0.2, 0.25) is 11.8 Å². The molecule has 6 rings (SSSR count). The topological polar surface area (TPSA) is 125 Å². The maximum Gasteiger partial charge on any atom is 0.313 e. The van der Waals surface area contributed by atoms with Crippen LogP contribution >= 0.6 is 27.5 Å². The number of carbonyl (C=O) groups excluding carboxylic acids is 4. The van der Waals surface area contributed by atoms with Crippen molar-refractivity contribution in [2.45, 2.75) is 60.9 Å². The van der Waals surface area contributed by atoms with Gasteiger partial charge in [0.05, 0.1) is 47.8 Å². The van der Waals surface area contributed by atoms with E-state index >= 15 is 9.59 Å². The van der Waals surface area contributed by atoms with Crippen molar-refractivity contribution in [3.63, 3.8) is 0 Å². The number of fused-ring (bicyclic) bond motifs is 1. The maximum absolute atomic E-state index is 15.2. The molecule has 0 aromatic heterocycles. The number of benzene rings is 3. The number of carbonyl (C=O) groups is 4. The van der Waals surface area contributed by atoms with Gasteiger partial charge in [-0.25, -0.2) is 0 Å². The Morgan fingerprint density at radius 3 is 2.38 bits per heavy atom. The van der Waals surface area contributed by atoms with Crippen LogP contribution in [0.5, 0.6) is 0 Å². The average molecular weight is 805 g/mol. The molecule has 10 nitrogen and oxygen atoms in total. The molecule has 3 aromatic rings. The van der Waals surface area contributed by atoms with Crippen LogP contribution in [-0.4, -0.2) is 76.0 Å². The number of nitrogens with one attached hydrogen (secondary N) is 1. The largest absolute Gasteiger partial charge is 0.455 e. The van der Waals surface area contributed by atoms with E-state index < -0.39 is 70.9 Å². The number of hydrogen-bond donors (Lipinski definition) is 2. The normalized spacial score (nSPS) is 25.3. The number of aliphatic hydroxyl groups excluding tert-OH is 1. The first-order valence-electron chi connectivity index (χ1n) is 17.7. The summed E-state index contributed by atoms with van der Waals surface area (Å²) in [5, 5.41) is 14.1. The Bertz CT molecular complexity index is 1840. The number of allylic oxidation sites excluding steroid dienone is 1. The highest BCUT2D eigenvalue weighted by Crippen LogP contribution is 2.62. The molecule has 3 saturated heterocycles. The second kappa shape index (κ2) is 16.4. The van der Waals surface area contributed by atoms with Crippen molar-refractivity contribution in [2.75, 3.05) is 24.6 Å². The highest BCUT2D eigenvalue weighted by Gasteiger charge is 2.77. The molecule has 1 spiro atoms. The smallest absolute Gasteiger partial charge is 0.313 e. The zero-order chi connectivity index (χ0) is 37.9. The number of halogens is 2. The number of alkyl halides is 1. The summed E-state index contributed by atoms with van der Waals surface area (Å²) in [4.78, 5) is 59.8. The van der Waals surface area contributed by atoms with Crippen LogP contribution in [0, 0.1) is 18.8 Å². The summed E-state index contributed by atoms with van der Waals surface area (Å²) in [6.45, 7) is 8.99. The van der Waals surface area contributed by atoms with Crippen LogP contribution in [0.15, 0.2) is 104 Å². The molecular formula is C41H43BrClN3O7. The fraction of sp³-hybridized carbons (Fsp3) is 0.366. The third kappa shape index (κ3) is 7.19. The van der Waals surface area contributed by atoms with Crippen molar-refractivity contribution in [3.05, 3.63) is 126 Å².